The van der Waals surface area contributed by atoms with E-state index in [0.29, 0.717) is 15.9 Å². The predicted octanol–water partition coefficient (Wildman–Crippen LogP) is -0.814. The number of nitrogens with zero attached hydrogens (tertiary/aromatic N) is 3. The molecule has 0 aliphatic rings. The zero-order valence-corrected chi connectivity index (χ0v) is 8.61. The molecule has 1 aromatic carbocycles. The van der Waals surface area contributed by atoms with Crippen LogP contribution in [0.4, 0.5) is 0 Å². The summed E-state index contributed by atoms with van der Waals surface area (Å²) in [5.41, 5.74) is 2.55. The van der Waals surface area contributed by atoms with E-state index in [2.05, 4.69) is 5.10 Å². The zero-order chi connectivity index (χ0) is 12.3. The van der Waals surface area contributed by atoms with Crippen LogP contribution >= 0.6 is 0 Å². The number of para-hydroxylation sites is 2. The molecular weight excluding hydrogens is 224 g/mol. The van der Waals surface area contributed by atoms with E-state index in [4.69, 9.17) is 0 Å². The molecule has 0 atom stereocenters. The lowest BCUT2D eigenvalue weighted by Crippen LogP contribution is -2.41. The second-order valence-electron chi connectivity index (χ2n) is 3.17. The molecule has 0 aliphatic carbocycles. The molecule has 0 saturated carbocycles. The van der Waals surface area contributed by atoms with Gasteiger partial charge in [-0.1, -0.05) is 12.1 Å². The molecule has 1 aromatic heterocycles. The highest BCUT2D eigenvalue weighted by molar-refractivity contribution is 5.77. The first-order chi connectivity index (χ1) is 8.24. The smallest absolute Gasteiger partial charge is 0.302 e. The molecule has 2 rings (SSSR count). The van der Waals surface area contributed by atoms with Crippen molar-refractivity contribution in [3.63, 3.8) is 0 Å². The first-order valence-corrected chi connectivity index (χ1v) is 4.71. The van der Waals surface area contributed by atoms with Crippen LogP contribution in [-0.2, 0) is 4.79 Å². The number of nitrogens with one attached hydrogen (secondary N) is 1. The van der Waals surface area contributed by atoms with Crippen LogP contribution in [0, 0.1) is 10.4 Å². The fourth-order valence-electron chi connectivity index (χ4n) is 1.42. The zero-order valence-electron chi connectivity index (χ0n) is 8.61. The molecule has 0 unspecified atom stereocenters. The average molecular weight is 232 g/mol. The third-order valence-electron chi connectivity index (χ3n) is 2.15. The van der Waals surface area contributed by atoms with Crippen LogP contribution in [0.5, 0.6) is 0 Å². The molecule has 1 heterocycles. The Labute approximate surface area is 95.8 Å². The van der Waals surface area contributed by atoms with Crippen molar-refractivity contribution in [3.05, 3.63) is 46.6 Å². The Hall–Kier alpha value is -2.70. The van der Waals surface area contributed by atoms with Gasteiger partial charge in [-0.05, 0) is 0 Å². The highest BCUT2D eigenvalue weighted by Gasteiger charge is 2.16. The number of carbonyl (C=O) groups excluding carboxylic acids is 1. The lowest BCUT2D eigenvalue weighted by atomic mass is 10.3. The van der Waals surface area contributed by atoms with Gasteiger partial charge in [-0.15, -0.1) is 0 Å². The first kappa shape index (κ1) is 10.8. The van der Waals surface area contributed by atoms with Gasteiger partial charge in [0.1, 0.15) is 6.21 Å². The van der Waals surface area contributed by atoms with Gasteiger partial charge in [-0.2, -0.15) is 14.6 Å². The Kier molecular flexibility index (Phi) is 2.82. The molecule has 0 saturated heterocycles. The molecule has 0 bridgehead atoms. The van der Waals surface area contributed by atoms with Crippen molar-refractivity contribution >= 4 is 23.7 Å². The van der Waals surface area contributed by atoms with Crippen LogP contribution in [0.1, 0.15) is 5.69 Å². The summed E-state index contributed by atoms with van der Waals surface area (Å²) in [6, 6.07) is 6.39. The standard InChI is InChI=1S/C10H8N4O3/c15-7-12-11-5-8-6-13(16)9-3-1-2-4-10(9)14(8)17/h1-7H,(H,12,15)/b11-5-. The fraction of sp³-hybridized carbons (Fsp3) is 0. The molecule has 1 amide bonds. The number of amides is 1. The molecule has 1 N–H and O–H groups in total. The summed E-state index contributed by atoms with van der Waals surface area (Å²) in [5.74, 6) is 0. The number of hydrogen-bond donors (Lipinski definition) is 1. The van der Waals surface area contributed by atoms with Gasteiger partial charge in [0.15, 0.2) is 0 Å². The van der Waals surface area contributed by atoms with E-state index in [-0.39, 0.29) is 16.7 Å². The molecule has 2 aromatic rings. The van der Waals surface area contributed by atoms with E-state index in [1.807, 2.05) is 5.43 Å². The predicted molar refractivity (Wildman–Crippen MR) is 58.7 cm³/mol. The van der Waals surface area contributed by atoms with Crippen molar-refractivity contribution in [1.82, 2.24) is 5.43 Å². The van der Waals surface area contributed by atoms with Gasteiger partial charge >= 0.3 is 5.69 Å². The van der Waals surface area contributed by atoms with Gasteiger partial charge in [0.25, 0.3) is 17.2 Å². The van der Waals surface area contributed by atoms with Crippen LogP contribution < -0.4 is 14.9 Å². The SMILES string of the molecule is O=CN/N=C\c1c[n+]([O-])c2ccccc2[n+]1[O-]. The minimum Gasteiger partial charge on any atom is -0.618 e. The summed E-state index contributed by atoms with van der Waals surface area (Å²) in [5, 5.41) is 26.9. The second-order valence-corrected chi connectivity index (χ2v) is 3.17. The summed E-state index contributed by atoms with van der Waals surface area (Å²) in [6.45, 7) is 0. The molecular formula is C10H8N4O3. The molecule has 0 fully saturated rings. The fourth-order valence-corrected chi connectivity index (χ4v) is 1.42. The Morgan fingerprint density at radius 3 is 2.65 bits per heavy atom. The van der Waals surface area contributed by atoms with Crippen molar-refractivity contribution in [3.8, 4) is 0 Å². The molecule has 7 nitrogen and oxygen atoms in total. The Morgan fingerprint density at radius 1 is 1.24 bits per heavy atom. The summed E-state index contributed by atoms with van der Waals surface area (Å²) in [7, 11) is 0. The molecule has 0 aliphatic heterocycles. The third kappa shape index (κ3) is 1.98. The monoisotopic (exact) mass is 232 g/mol. The minimum atomic E-state index is 0.0352. The van der Waals surface area contributed by atoms with Gasteiger partial charge in [0, 0.05) is 12.1 Å². The highest BCUT2D eigenvalue weighted by atomic mass is 16.5. The third-order valence-corrected chi connectivity index (χ3v) is 2.15. The molecule has 0 radical (unpaired) electrons. The van der Waals surface area contributed by atoms with Crippen LogP contribution in [0.2, 0.25) is 0 Å². The van der Waals surface area contributed by atoms with E-state index < -0.39 is 0 Å². The molecule has 0 spiro atoms. The summed E-state index contributed by atoms with van der Waals surface area (Å²) in [6.07, 6.45) is 2.55. The Morgan fingerprint density at radius 2 is 1.94 bits per heavy atom. The minimum absolute atomic E-state index is 0.0352. The van der Waals surface area contributed by atoms with Crippen LogP contribution in [0.3, 0.4) is 0 Å². The average Bonchev–Trinajstić information content (AvgIpc) is 2.36. The maximum absolute atomic E-state index is 11.8. The van der Waals surface area contributed by atoms with Crippen LogP contribution in [0.25, 0.3) is 11.0 Å². The molecule has 17 heavy (non-hydrogen) atoms. The van der Waals surface area contributed by atoms with Gasteiger partial charge in [-0.3, -0.25) is 4.79 Å². The molecule has 7 heteroatoms. The van der Waals surface area contributed by atoms with E-state index in [9.17, 15) is 15.2 Å². The highest BCUT2D eigenvalue weighted by Crippen LogP contribution is 2.03. The number of fused-ring (bicyclic) bond motifs is 1. The first-order valence-electron chi connectivity index (χ1n) is 4.71. The van der Waals surface area contributed by atoms with Gasteiger partial charge in [-0.25, -0.2) is 5.43 Å². The number of hydrogen-bond acceptors (Lipinski definition) is 4. The summed E-state index contributed by atoms with van der Waals surface area (Å²) >= 11 is 0. The van der Waals surface area contributed by atoms with E-state index in [1.165, 1.54) is 6.07 Å². The number of benzene rings is 1. The number of hydrazone groups is 1. The van der Waals surface area contributed by atoms with Gasteiger partial charge < -0.3 is 10.4 Å². The lowest BCUT2D eigenvalue weighted by molar-refractivity contribution is -0.629. The summed E-state index contributed by atoms with van der Waals surface area (Å²) < 4.78 is 1.14. The van der Waals surface area contributed by atoms with E-state index >= 15 is 0 Å². The van der Waals surface area contributed by atoms with Crippen molar-refractivity contribution in [2.45, 2.75) is 0 Å². The summed E-state index contributed by atoms with van der Waals surface area (Å²) in [4.78, 5) is 9.98. The van der Waals surface area contributed by atoms with Crippen molar-refractivity contribution < 1.29 is 14.3 Å². The maximum atomic E-state index is 11.8. The number of carbonyl (C=O) groups is 1. The number of rotatable bonds is 3. The van der Waals surface area contributed by atoms with Crippen molar-refractivity contribution in [2.75, 3.05) is 0 Å². The quantitative estimate of drug-likeness (QED) is 0.246. The van der Waals surface area contributed by atoms with Gasteiger partial charge in [0.05, 0.1) is 0 Å². The van der Waals surface area contributed by atoms with E-state index in [1.54, 1.807) is 18.2 Å². The lowest BCUT2D eigenvalue weighted by Gasteiger charge is -2.04. The van der Waals surface area contributed by atoms with Gasteiger partial charge in [0.2, 0.25) is 6.41 Å². The molecule has 86 valence electrons. The second kappa shape index (κ2) is 4.44. The topological polar surface area (TPSA) is 95.3 Å². The Bertz CT molecular complexity index is 597. The van der Waals surface area contributed by atoms with Crippen LogP contribution in [-0.4, -0.2) is 12.6 Å². The maximum Gasteiger partial charge on any atom is 0.302 e. The Balaban J connectivity index is 2.58. The van der Waals surface area contributed by atoms with Crippen LogP contribution in [0.15, 0.2) is 35.6 Å². The van der Waals surface area contributed by atoms with Crippen molar-refractivity contribution in [2.24, 2.45) is 5.10 Å². The largest absolute Gasteiger partial charge is 0.618 e. The van der Waals surface area contributed by atoms with E-state index in [0.717, 1.165) is 12.4 Å². The van der Waals surface area contributed by atoms with Crippen molar-refractivity contribution in [1.29, 1.82) is 0 Å². The number of aromatic nitrogens is 2. The normalized spacial score (nSPS) is 10.8.